The number of hydrogen-bond acceptors (Lipinski definition) is 4. The zero-order valence-electron chi connectivity index (χ0n) is 11.2. The summed E-state index contributed by atoms with van der Waals surface area (Å²) in [5, 5.41) is 0.231. The van der Waals surface area contributed by atoms with E-state index in [0.29, 0.717) is 4.88 Å². The summed E-state index contributed by atoms with van der Waals surface area (Å²) in [6, 6.07) is 7.62. The second-order valence-corrected chi connectivity index (χ2v) is 5.89. The molecular weight excluding hydrogens is 315 g/mol. The van der Waals surface area contributed by atoms with E-state index in [1.54, 1.807) is 18.2 Å². The van der Waals surface area contributed by atoms with Crippen molar-refractivity contribution in [2.75, 3.05) is 7.11 Å². The molecule has 21 heavy (non-hydrogen) atoms. The number of benzene rings is 1. The molecule has 1 aromatic carbocycles. The van der Waals surface area contributed by atoms with Crippen LogP contribution >= 0.6 is 22.9 Å². The molecule has 0 N–H and O–H groups in total. The van der Waals surface area contributed by atoms with Crippen molar-refractivity contribution in [2.45, 2.75) is 12.8 Å². The molecule has 0 amide bonds. The van der Waals surface area contributed by atoms with Crippen LogP contribution in [0.4, 0.5) is 4.39 Å². The van der Waals surface area contributed by atoms with E-state index in [2.05, 4.69) is 4.74 Å². The molecule has 0 fully saturated rings. The summed E-state index contributed by atoms with van der Waals surface area (Å²) in [4.78, 5) is 24.5. The summed E-state index contributed by atoms with van der Waals surface area (Å²) in [7, 11) is 1.31. The Morgan fingerprint density at radius 1 is 1.24 bits per heavy atom. The van der Waals surface area contributed by atoms with Crippen LogP contribution < -0.4 is 0 Å². The largest absolute Gasteiger partial charge is 0.469 e. The van der Waals surface area contributed by atoms with Gasteiger partial charge in [-0.3, -0.25) is 9.59 Å². The number of rotatable bonds is 5. The maximum absolute atomic E-state index is 13.7. The summed E-state index contributed by atoms with van der Waals surface area (Å²) < 4.78 is 18.2. The molecule has 0 aliphatic heterocycles. The van der Waals surface area contributed by atoms with Crippen molar-refractivity contribution < 1.29 is 18.7 Å². The monoisotopic (exact) mass is 326 g/mol. The Labute approximate surface area is 130 Å². The third kappa shape index (κ3) is 3.89. The van der Waals surface area contributed by atoms with Gasteiger partial charge in [-0.2, -0.15) is 0 Å². The first-order valence-electron chi connectivity index (χ1n) is 6.13. The first kappa shape index (κ1) is 15.7. The van der Waals surface area contributed by atoms with Gasteiger partial charge < -0.3 is 4.74 Å². The number of carbonyl (C=O) groups excluding carboxylic acids is 2. The molecule has 0 unspecified atom stereocenters. The van der Waals surface area contributed by atoms with Crippen LogP contribution in [0.2, 0.25) is 5.02 Å². The number of carbonyl (C=O) groups is 2. The van der Waals surface area contributed by atoms with Gasteiger partial charge in [0.25, 0.3) is 0 Å². The Morgan fingerprint density at radius 3 is 2.67 bits per heavy atom. The van der Waals surface area contributed by atoms with Crippen molar-refractivity contribution >= 4 is 34.7 Å². The van der Waals surface area contributed by atoms with Gasteiger partial charge in [0.1, 0.15) is 5.82 Å². The lowest BCUT2D eigenvalue weighted by Gasteiger charge is -2.03. The molecule has 1 aromatic heterocycles. The molecule has 0 saturated carbocycles. The molecule has 110 valence electrons. The van der Waals surface area contributed by atoms with Crippen LogP contribution in [0.3, 0.4) is 0 Å². The number of thiophene rings is 1. The second kappa shape index (κ2) is 6.83. The lowest BCUT2D eigenvalue weighted by molar-refractivity contribution is -0.139. The highest BCUT2D eigenvalue weighted by molar-refractivity contribution is 7.14. The molecule has 6 heteroatoms. The van der Waals surface area contributed by atoms with Crippen molar-refractivity contribution in [3.8, 4) is 0 Å². The topological polar surface area (TPSA) is 43.4 Å². The maximum Gasteiger partial charge on any atom is 0.310 e. The number of Topliss-reactive ketones (excluding diaryl/α,β-unsaturated/α-hetero) is 1. The van der Waals surface area contributed by atoms with E-state index < -0.39 is 5.82 Å². The van der Waals surface area contributed by atoms with E-state index in [9.17, 15) is 14.0 Å². The molecule has 3 nitrogen and oxygen atoms in total. The predicted molar refractivity (Wildman–Crippen MR) is 79.5 cm³/mol. The lowest BCUT2D eigenvalue weighted by Crippen LogP contribution is -2.04. The summed E-state index contributed by atoms with van der Waals surface area (Å²) in [5.41, 5.74) is 0.187. The molecule has 2 aromatic rings. The minimum Gasteiger partial charge on any atom is -0.469 e. The summed E-state index contributed by atoms with van der Waals surface area (Å²) in [6.07, 6.45) is 0.0125. The minimum atomic E-state index is -0.498. The highest BCUT2D eigenvalue weighted by atomic mass is 35.5. The van der Waals surface area contributed by atoms with Gasteiger partial charge in [-0.15, -0.1) is 11.3 Å². The van der Waals surface area contributed by atoms with E-state index in [1.165, 1.54) is 30.6 Å². The van der Waals surface area contributed by atoms with Gasteiger partial charge in [0.15, 0.2) is 5.78 Å². The van der Waals surface area contributed by atoms with Crippen LogP contribution in [0, 0.1) is 5.82 Å². The predicted octanol–water partition coefficient (Wildman–Crippen LogP) is 3.68. The van der Waals surface area contributed by atoms with Crippen molar-refractivity contribution in [1.82, 2.24) is 0 Å². The van der Waals surface area contributed by atoms with Gasteiger partial charge >= 0.3 is 5.97 Å². The van der Waals surface area contributed by atoms with E-state index >= 15 is 0 Å². The molecular formula is C15H12ClFO3S. The van der Waals surface area contributed by atoms with E-state index in [-0.39, 0.29) is 35.2 Å². The molecule has 0 bridgehead atoms. The normalized spacial score (nSPS) is 10.4. The highest BCUT2D eigenvalue weighted by Crippen LogP contribution is 2.24. The number of ether oxygens (including phenoxy) is 1. The molecule has 0 atom stereocenters. The standard InChI is InChI=1S/C15H12ClFO3S/c1-20-15(19)7-9-5-6-14(21-9)13(18)8-10-11(16)3-2-4-12(10)17/h2-6H,7-8H2,1H3. The first-order valence-corrected chi connectivity index (χ1v) is 7.32. The number of ketones is 1. The van der Waals surface area contributed by atoms with Gasteiger partial charge in [0.2, 0.25) is 0 Å². The van der Waals surface area contributed by atoms with Crippen molar-refractivity contribution in [1.29, 1.82) is 0 Å². The van der Waals surface area contributed by atoms with Gasteiger partial charge in [0.05, 0.1) is 18.4 Å². The van der Waals surface area contributed by atoms with E-state index in [0.717, 1.165) is 4.88 Å². The number of methoxy groups -OCH3 is 1. The Morgan fingerprint density at radius 2 is 2.00 bits per heavy atom. The van der Waals surface area contributed by atoms with E-state index in [1.807, 2.05) is 0 Å². The molecule has 2 rings (SSSR count). The van der Waals surface area contributed by atoms with Gasteiger partial charge in [-0.05, 0) is 24.3 Å². The average Bonchev–Trinajstić information content (AvgIpc) is 2.91. The Kier molecular flexibility index (Phi) is 5.09. The maximum atomic E-state index is 13.7. The quantitative estimate of drug-likeness (QED) is 0.622. The molecule has 0 aliphatic rings. The van der Waals surface area contributed by atoms with Gasteiger partial charge in [-0.25, -0.2) is 4.39 Å². The van der Waals surface area contributed by atoms with Crippen LogP contribution in [0.15, 0.2) is 30.3 Å². The average molecular weight is 327 g/mol. The molecule has 0 spiro atoms. The number of halogens is 2. The zero-order chi connectivity index (χ0) is 15.4. The molecule has 0 radical (unpaired) electrons. The van der Waals surface area contributed by atoms with Crippen LogP contribution in [-0.2, 0) is 22.4 Å². The Balaban J connectivity index is 2.12. The number of esters is 1. The van der Waals surface area contributed by atoms with Crippen molar-refractivity contribution in [2.24, 2.45) is 0 Å². The zero-order valence-corrected chi connectivity index (χ0v) is 12.8. The minimum absolute atomic E-state index is 0.107. The van der Waals surface area contributed by atoms with Crippen LogP contribution in [0.25, 0.3) is 0 Å². The summed E-state index contributed by atoms with van der Waals surface area (Å²) >= 11 is 7.10. The molecule has 0 saturated heterocycles. The van der Waals surface area contributed by atoms with Crippen LogP contribution in [0.1, 0.15) is 20.1 Å². The first-order chi connectivity index (χ1) is 10.0. The fourth-order valence-electron chi connectivity index (χ4n) is 1.79. The lowest BCUT2D eigenvalue weighted by atomic mass is 10.1. The third-order valence-electron chi connectivity index (χ3n) is 2.88. The van der Waals surface area contributed by atoms with Gasteiger partial charge in [-0.1, -0.05) is 17.7 Å². The Bertz CT molecular complexity index is 661. The second-order valence-electron chi connectivity index (χ2n) is 4.32. The third-order valence-corrected chi connectivity index (χ3v) is 4.36. The fraction of sp³-hybridized carbons (Fsp3) is 0.200. The van der Waals surface area contributed by atoms with Crippen LogP contribution in [0.5, 0.6) is 0 Å². The summed E-state index contributed by atoms with van der Waals surface area (Å²) in [5.74, 6) is -1.10. The smallest absolute Gasteiger partial charge is 0.310 e. The van der Waals surface area contributed by atoms with Crippen molar-refractivity contribution in [3.63, 3.8) is 0 Å². The van der Waals surface area contributed by atoms with Crippen molar-refractivity contribution in [3.05, 3.63) is 56.5 Å². The van der Waals surface area contributed by atoms with Crippen LogP contribution in [-0.4, -0.2) is 18.9 Å². The number of hydrogen-bond donors (Lipinski definition) is 0. The molecule has 1 heterocycles. The van der Waals surface area contributed by atoms with Gasteiger partial charge in [0, 0.05) is 21.9 Å². The van der Waals surface area contributed by atoms with E-state index in [4.69, 9.17) is 11.6 Å². The molecule has 0 aliphatic carbocycles. The SMILES string of the molecule is COC(=O)Cc1ccc(C(=O)Cc2c(F)cccc2Cl)s1. The fourth-order valence-corrected chi connectivity index (χ4v) is 2.95. The Hall–Kier alpha value is -1.72. The highest BCUT2D eigenvalue weighted by Gasteiger charge is 2.16. The summed E-state index contributed by atoms with van der Waals surface area (Å²) in [6.45, 7) is 0.